The second-order valence-corrected chi connectivity index (χ2v) is 14.8. The summed E-state index contributed by atoms with van der Waals surface area (Å²) < 4.78 is 6.45. The standard InChI is InChI=1S/C24H35NO3Si/c1-24(2,3)29(4,5)28-17-19(16-15-18-11-7-6-8-12-18)25-22(26)20-13-9-10-14-21(20)23(25)27/h9-10,13-16,18-19H,6-8,11-12,17H2,1-5H3/b16-15-. The monoisotopic (exact) mass is 413 g/mol. The molecule has 1 aliphatic carbocycles. The van der Waals surface area contributed by atoms with Crippen molar-refractivity contribution in [2.75, 3.05) is 6.61 Å². The lowest BCUT2D eigenvalue weighted by Gasteiger charge is -2.38. The molecular formula is C24H35NO3Si. The predicted molar refractivity (Wildman–Crippen MR) is 120 cm³/mol. The van der Waals surface area contributed by atoms with Crippen molar-refractivity contribution in [2.45, 2.75) is 77.0 Å². The minimum Gasteiger partial charge on any atom is -0.414 e. The van der Waals surface area contributed by atoms with Gasteiger partial charge in [-0.2, -0.15) is 0 Å². The molecule has 1 unspecified atom stereocenters. The zero-order valence-corrected chi connectivity index (χ0v) is 19.5. The highest BCUT2D eigenvalue weighted by molar-refractivity contribution is 6.74. The summed E-state index contributed by atoms with van der Waals surface area (Å²) in [7, 11) is -1.99. The third-order valence-corrected chi connectivity index (χ3v) is 11.3. The van der Waals surface area contributed by atoms with E-state index in [9.17, 15) is 9.59 Å². The van der Waals surface area contributed by atoms with Crippen LogP contribution in [-0.4, -0.2) is 37.7 Å². The van der Waals surface area contributed by atoms with E-state index in [2.05, 4.69) is 46.0 Å². The molecule has 29 heavy (non-hydrogen) atoms. The van der Waals surface area contributed by atoms with Crippen LogP contribution in [0.25, 0.3) is 0 Å². The Kier molecular flexibility index (Phi) is 6.49. The van der Waals surface area contributed by atoms with Crippen LogP contribution in [0.4, 0.5) is 0 Å². The highest BCUT2D eigenvalue weighted by Crippen LogP contribution is 2.37. The minimum atomic E-state index is -1.99. The average molecular weight is 414 g/mol. The zero-order valence-electron chi connectivity index (χ0n) is 18.5. The zero-order chi connectivity index (χ0) is 21.2. The Hall–Kier alpha value is -1.72. The number of hydrogen-bond acceptors (Lipinski definition) is 3. The van der Waals surface area contributed by atoms with Crippen molar-refractivity contribution in [2.24, 2.45) is 5.92 Å². The number of carbonyl (C=O) groups excluding carboxylic acids is 2. The van der Waals surface area contributed by atoms with Gasteiger partial charge in [-0.15, -0.1) is 0 Å². The first kappa shape index (κ1) is 22.0. The van der Waals surface area contributed by atoms with Gasteiger partial charge in [0.1, 0.15) is 0 Å². The number of fused-ring (bicyclic) bond motifs is 1. The molecule has 2 aliphatic rings. The van der Waals surface area contributed by atoms with E-state index in [4.69, 9.17) is 4.43 Å². The predicted octanol–water partition coefficient (Wildman–Crippen LogP) is 5.81. The maximum atomic E-state index is 13.0. The Morgan fingerprint density at radius 2 is 1.62 bits per heavy atom. The fraction of sp³-hybridized carbons (Fsp3) is 0.583. The fourth-order valence-electron chi connectivity index (χ4n) is 3.85. The molecule has 1 heterocycles. The smallest absolute Gasteiger partial charge is 0.262 e. The maximum Gasteiger partial charge on any atom is 0.262 e. The second kappa shape index (κ2) is 8.56. The highest BCUT2D eigenvalue weighted by Gasteiger charge is 2.42. The minimum absolute atomic E-state index is 0.0760. The Labute approximate surface area is 176 Å². The molecule has 1 atom stereocenters. The van der Waals surface area contributed by atoms with Crippen LogP contribution >= 0.6 is 0 Å². The van der Waals surface area contributed by atoms with Gasteiger partial charge in [-0.05, 0) is 49.0 Å². The molecule has 158 valence electrons. The van der Waals surface area contributed by atoms with E-state index in [1.165, 1.54) is 37.0 Å². The lowest BCUT2D eigenvalue weighted by molar-refractivity contribution is 0.0569. The Morgan fingerprint density at radius 3 is 2.14 bits per heavy atom. The molecule has 2 amide bonds. The maximum absolute atomic E-state index is 13.0. The van der Waals surface area contributed by atoms with Crippen molar-refractivity contribution in [1.82, 2.24) is 4.90 Å². The molecule has 0 bridgehead atoms. The first-order valence-electron chi connectivity index (χ1n) is 10.9. The summed E-state index contributed by atoms with van der Waals surface area (Å²) in [5.41, 5.74) is 1.00. The normalized spacial score (nSPS) is 19.8. The van der Waals surface area contributed by atoms with Crippen LogP contribution in [-0.2, 0) is 4.43 Å². The molecule has 4 nitrogen and oxygen atoms in total. The van der Waals surface area contributed by atoms with Crippen LogP contribution in [0.2, 0.25) is 18.1 Å². The summed E-state index contributed by atoms with van der Waals surface area (Å²) >= 11 is 0. The van der Waals surface area contributed by atoms with Crippen molar-refractivity contribution in [3.8, 4) is 0 Å². The molecule has 1 fully saturated rings. The molecule has 1 saturated carbocycles. The summed E-state index contributed by atoms with van der Waals surface area (Å²) in [5, 5.41) is 0.0760. The number of rotatable bonds is 6. The van der Waals surface area contributed by atoms with Crippen molar-refractivity contribution in [3.05, 3.63) is 47.5 Å². The quantitative estimate of drug-likeness (QED) is 0.336. The van der Waals surface area contributed by atoms with Gasteiger partial charge in [0.25, 0.3) is 11.8 Å². The largest absolute Gasteiger partial charge is 0.414 e. The van der Waals surface area contributed by atoms with Crippen molar-refractivity contribution >= 4 is 20.1 Å². The van der Waals surface area contributed by atoms with Gasteiger partial charge < -0.3 is 4.43 Å². The van der Waals surface area contributed by atoms with E-state index in [1.54, 1.807) is 12.1 Å². The third-order valence-electron chi connectivity index (χ3n) is 6.83. The Bertz CT molecular complexity index is 753. The van der Waals surface area contributed by atoms with Gasteiger partial charge >= 0.3 is 0 Å². The molecule has 0 spiro atoms. The molecule has 1 aliphatic heterocycles. The topological polar surface area (TPSA) is 46.6 Å². The Balaban J connectivity index is 1.84. The molecule has 3 rings (SSSR count). The first-order chi connectivity index (χ1) is 13.6. The van der Waals surface area contributed by atoms with Crippen molar-refractivity contribution in [3.63, 3.8) is 0 Å². The van der Waals surface area contributed by atoms with E-state index in [-0.39, 0.29) is 22.9 Å². The Morgan fingerprint density at radius 1 is 1.07 bits per heavy atom. The van der Waals surface area contributed by atoms with E-state index >= 15 is 0 Å². The van der Waals surface area contributed by atoms with Crippen LogP contribution in [0, 0.1) is 5.92 Å². The van der Waals surface area contributed by atoms with Crippen molar-refractivity contribution < 1.29 is 14.0 Å². The van der Waals surface area contributed by atoms with Crippen LogP contribution in [0.3, 0.4) is 0 Å². The molecular weight excluding hydrogens is 378 g/mol. The number of benzene rings is 1. The number of amides is 2. The molecule has 0 aromatic heterocycles. The average Bonchev–Trinajstić information content (AvgIpc) is 2.93. The van der Waals surface area contributed by atoms with Gasteiger partial charge in [-0.1, -0.05) is 64.3 Å². The number of nitrogens with zero attached hydrogens (tertiary/aromatic N) is 1. The number of carbonyl (C=O) groups is 2. The molecule has 0 saturated heterocycles. The molecule has 1 aromatic rings. The summed E-state index contributed by atoms with van der Waals surface area (Å²) in [5.74, 6) is 0.125. The molecule has 0 radical (unpaired) electrons. The van der Waals surface area contributed by atoms with E-state index in [0.29, 0.717) is 23.7 Å². The van der Waals surface area contributed by atoms with Gasteiger partial charge in [0.15, 0.2) is 8.32 Å². The van der Waals surface area contributed by atoms with Gasteiger partial charge in [0.05, 0.1) is 23.8 Å². The summed E-state index contributed by atoms with van der Waals surface area (Å²) in [6, 6.07) is 6.75. The molecule has 1 aromatic carbocycles. The van der Waals surface area contributed by atoms with Crippen molar-refractivity contribution in [1.29, 1.82) is 0 Å². The van der Waals surface area contributed by atoms with Gasteiger partial charge in [-0.3, -0.25) is 14.5 Å². The summed E-state index contributed by atoms with van der Waals surface area (Å²) in [4.78, 5) is 27.5. The number of allylic oxidation sites excluding steroid dienone is 1. The van der Waals surface area contributed by atoms with E-state index in [1.807, 2.05) is 12.1 Å². The lowest BCUT2D eigenvalue weighted by Crippen LogP contribution is -2.47. The third kappa shape index (κ3) is 4.72. The van der Waals surface area contributed by atoms with Crippen LogP contribution in [0.5, 0.6) is 0 Å². The van der Waals surface area contributed by atoms with E-state index in [0.717, 1.165) is 0 Å². The molecule has 5 heteroatoms. The van der Waals surface area contributed by atoms with Gasteiger partial charge in [0.2, 0.25) is 0 Å². The number of hydrogen-bond donors (Lipinski definition) is 0. The SMILES string of the molecule is CC(C)(C)[Si](C)(C)OCC(/C=C\C1CCCCC1)N1C(=O)c2ccccc2C1=O. The van der Waals surface area contributed by atoms with Crippen LogP contribution in [0.1, 0.15) is 73.6 Å². The first-order valence-corrected chi connectivity index (χ1v) is 13.8. The summed E-state index contributed by atoms with van der Waals surface area (Å²) in [6.45, 7) is 11.4. The summed E-state index contributed by atoms with van der Waals surface area (Å²) in [6.07, 6.45) is 10.5. The van der Waals surface area contributed by atoms with E-state index < -0.39 is 8.32 Å². The fourth-order valence-corrected chi connectivity index (χ4v) is 4.87. The second-order valence-electron chi connectivity index (χ2n) is 9.95. The number of imide groups is 1. The lowest BCUT2D eigenvalue weighted by atomic mass is 9.89. The van der Waals surface area contributed by atoms with Gasteiger partial charge in [0, 0.05) is 0 Å². The van der Waals surface area contributed by atoms with Gasteiger partial charge in [-0.25, -0.2) is 0 Å². The van der Waals surface area contributed by atoms with Crippen LogP contribution < -0.4 is 0 Å². The molecule has 0 N–H and O–H groups in total. The highest BCUT2D eigenvalue weighted by atomic mass is 28.4. The van der Waals surface area contributed by atoms with Crippen LogP contribution in [0.15, 0.2) is 36.4 Å².